The highest BCUT2D eigenvalue weighted by Crippen LogP contribution is 2.23. The van der Waals surface area contributed by atoms with Crippen LogP contribution in [0.5, 0.6) is 0 Å². The summed E-state index contributed by atoms with van der Waals surface area (Å²) >= 11 is 9.57. The Morgan fingerprint density at radius 2 is 1.75 bits per heavy atom. The zero-order valence-electron chi connectivity index (χ0n) is 11.2. The van der Waals surface area contributed by atoms with Crippen LogP contribution >= 0.6 is 27.5 Å². The predicted octanol–water partition coefficient (Wildman–Crippen LogP) is 4.61. The van der Waals surface area contributed by atoms with E-state index in [9.17, 15) is 4.39 Å². The van der Waals surface area contributed by atoms with Crippen molar-refractivity contribution in [3.63, 3.8) is 0 Å². The Morgan fingerprint density at radius 3 is 2.45 bits per heavy atom. The quantitative estimate of drug-likeness (QED) is 0.824. The lowest BCUT2D eigenvalue weighted by atomic mass is 9.99. The first kappa shape index (κ1) is 15.5. The molecule has 0 aliphatic carbocycles. The van der Waals surface area contributed by atoms with Gasteiger partial charge in [0.15, 0.2) is 0 Å². The van der Waals surface area contributed by atoms with E-state index < -0.39 is 0 Å². The van der Waals surface area contributed by atoms with Gasteiger partial charge in [0.25, 0.3) is 0 Å². The number of hydrogen-bond acceptors (Lipinski definition) is 1. The maximum atomic E-state index is 13.5. The van der Waals surface area contributed by atoms with Gasteiger partial charge in [0.2, 0.25) is 0 Å². The number of hydrogen-bond donors (Lipinski definition) is 1. The molecule has 1 nitrogen and oxygen atoms in total. The average molecular weight is 357 g/mol. The molecule has 0 spiro atoms. The molecule has 4 heteroatoms. The highest BCUT2D eigenvalue weighted by Gasteiger charge is 2.13. The molecule has 1 unspecified atom stereocenters. The molecular weight excluding hydrogens is 341 g/mol. The number of halogens is 3. The number of rotatable bonds is 5. The molecule has 0 heterocycles. The molecule has 0 aliphatic rings. The zero-order valence-corrected chi connectivity index (χ0v) is 13.5. The van der Waals surface area contributed by atoms with Crippen LogP contribution in [0.15, 0.2) is 46.9 Å². The van der Waals surface area contributed by atoms with Crippen molar-refractivity contribution in [1.82, 2.24) is 5.32 Å². The van der Waals surface area contributed by atoms with Crippen LogP contribution in [0.4, 0.5) is 4.39 Å². The lowest BCUT2D eigenvalue weighted by Crippen LogP contribution is -2.30. The van der Waals surface area contributed by atoms with Gasteiger partial charge in [-0.3, -0.25) is 0 Å². The minimum Gasteiger partial charge on any atom is -0.316 e. The minimum absolute atomic E-state index is 0.202. The van der Waals surface area contributed by atoms with Gasteiger partial charge >= 0.3 is 0 Å². The van der Waals surface area contributed by atoms with Crippen molar-refractivity contribution in [3.8, 4) is 0 Å². The van der Waals surface area contributed by atoms with Crippen LogP contribution in [-0.4, -0.2) is 13.1 Å². The second-order valence-electron chi connectivity index (χ2n) is 4.70. The Balaban J connectivity index is 2.14. The molecule has 0 fully saturated rings. The molecule has 1 N–H and O–H groups in total. The Morgan fingerprint density at radius 1 is 1.10 bits per heavy atom. The Labute approximate surface area is 132 Å². The van der Waals surface area contributed by atoms with E-state index in [4.69, 9.17) is 11.6 Å². The molecule has 0 radical (unpaired) electrons. The van der Waals surface area contributed by atoms with E-state index in [0.29, 0.717) is 6.42 Å². The molecule has 106 valence electrons. The van der Waals surface area contributed by atoms with Crippen LogP contribution in [0.2, 0.25) is 5.02 Å². The summed E-state index contributed by atoms with van der Waals surface area (Å²) in [5.74, 6) is -0.361. The average Bonchev–Trinajstić information content (AvgIpc) is 2.45. The van der Waals surface area contributed by atoms with E-state index >= 15 is 0 Å². The van der Waals surface area contributed by atoms with E-state index in [1.165, 1.54) is 11.6 Å². The van der Waals surface area contributed by atoms with E-state index in [2.05, 4.69) is 27.3 Å². The van der Waals surface area contributed by atoms with Crippen molar-refractivity contribution in [3.05, 3.63) is 68.9 Å². The fourth-order valence-electron chi connectivity index (χ4n) is 2.18. The number of likely N-dealkylation sites (N-methyl/N-ethyl adjacent to an activating group) is 1. The Kier molecular flexibility index (Phi) is 5.58. The van der Waals surface area contributed by atoms with Crippen molar-refractivity contribution in [2.45, 2.75) is 18.9 Å². The molecule has 2 aromatic rings. The van der Waals surface area contributed by atoms with E-state index in [0.717, 1.165) is 16.5 Å². The van der Waals surface area contributed by atoms with Gasteiger partial charge in [-0.05, 0) is 43.1 Å². The van der Waals surface area contributed by atoms with Gasteiger partial charge in [-0.2, -0.15) is 0 Å². The van der Waals surface area contributed by atoms with E-state index in [-0.39, 0.29) is 16.9 Å². The molecule has 0 bridgehead atoms. The molecule has 20 heavy (non-hydrogen) atoms. The van der Waals surface area contributed by atoms with Crippen LogP contribution in [0.1, 0.15) is 11.1 Å². The molecule has 2 aromatic carbocycles. The lowest BCUT2D eigenvalue weighted by Gasteiger charge is -2.18. The van der Waals surface area contributed by atoms with Crippen LogP contribution in [0.3, 0.4) is 0 Å². The zero-order chi connectivity index (χ0) is 14.5. The van der Waals surface area contributed by atoms with Gasteiger partial charge in [-0.1, -0.05) is 57.9 Å². The van der Waals surface area contributed by atoms with Crippen LogP contribution < -0.4 is 5.32 Å². The molecule has 1 atom stereocenters. The third kappa shape index (κ3) is 3.81. The fraction of sp³-hybridized carbons (Fsp3) is 0.250. The van der Waals surface area contributed by atoms with Crippen molar-refractivity contribution < 1.29 is 4.39 Å². The van der Waals surface area contributed by atoms with Crippen LogP contribution in [0.25, 0.3) is 0 Å². The summed E-state index contributed by atoms with van der Waals surface area (Å²) in [6, 6.07) is 13.3. The monoisotopic (exact) mass is 355 g/mol. The first-order valence-electron chi connectivity index (χ1n) is 6.45. The first-order valence-corrected chi connectivity index (χ1v) is 7.62. The van der Waals surface area contributed by atoms with Gasteiger partial charge in [0.05, 0.1) is 5.02 Å². The maximum absolute atomic E-state index is 13.5. The largest absolute Gasteiger partial charge is 0.316 e. The second-order valence-corrected chi connectivity index (χ2v) is 5.93. The van der Waals surface area contributed by atoms with Crippen molar-refractivity contribution in [1.29, 1.82) is 0 Å². The SMILES string of the molecule is CNC(Cc1ccccc1Br)Cc1cccc(F)c1Cl. The normalized spacial score (nSPS) is 12.4. The third-order valence-corrected chi connectivity index (χ3v) is 4.53. The van der Waals surface area contributed by atoms with Crippen LogP contribution in [-0.2, 0) is 12.8 Å². The second kappa shape index (κ2) is 7.21. The smallest absolute Gasteiger partial charge is 0.142 e. The summed E-state index contributed by atoms with van der Waals surface area (Å²) in [6.07, 6.45) is 1.54. The summed E-state index contributed by atoms with van der Waals surface area (Å²) in [6.45, 7) is 0. The molecule has 0 aliphatic heterocycles. The van der Waals surface area contributed by atoms with Gasteiger partial charge in [0, 0.05) is 10.5 Å². The summed E-state index contributed by atoms with van der Waals surface area (Å²) in [7, 11) is 1.91. The lowest BCUT2D eigenvalue weighted by molar-refractivity contribution is 0.552. The Bertz CT molecular complexity index is 588. The van der Waals surface area contributed by atoms with Crippen molar-refractivity contribution >= 4 is 27.5 Å². The highest BCUT2D eigenvalue weighted by molar-refractivity contribution is 9.10. The molecule has 0 amide bonds. The van der Waals surface area contributed by atoms with Gasteiger partial charge in [-0.25, -0.2) is 4.39 Å². The van der Waals surface area contributed by atoms with E-state index in [1.807, 2.05) is 31.3 Å². The van der Waals surface area contributed by atoms with Gasteiger partial charge in [-0.15, -0.1) is 0 Å². The molecular formula is C16H16BrClFN. The number of nitrogens with one attached hydrogen (secondary N) is 1. The third-order valence-electron chi connectivity index (χ3n) is 3.33. The standard InChI is InChI=1S/C16H16BrClFN/c1-20-13(9-11-5-2-3-7-14(11)17)10-12-6-4-8-15(19)16(12)18/h2-8,13,20H,9-10H2,1H3. The first-order chi connectivity index (χ1) is 9.61. The fourth-order valence-corrected chi connectivity index (χ4v) is 2.83. The van der Waals surface area contributed by atoms with Crippen molar-refractivity contribution in [2.75, 3.05) is 7.05 Å². The molecule has 0 saturated heterocycles. The van der Waals surface area contributed by atoms with Crippen molar-refractivity contribution in [2.24, 2.45) is 0 Å². The molecule has 0 aromatic heterocycles. The topological polar surface area (TPSA) is 12.0 Å². The summed E-state index contributed by atoms with van der Waals surface area (Å²) in [5.41, 5.74) is 2.05. The number of benzene rings is 2. The minimum atomic E-state index is -0.361. The van der Waals surface area contributed by atoms with Crippen LogP contribution in [0, 0.1) is 5.82 Å². The van der Waals surface area contributed by atoms with E-state index in [1.54, 1.807) is 6.07 Å². The summed E-state index contributed by atoms with van der Waals surface area (Å²) < 4.78 is 14.6. The van der Waals surface area contributed by atoms with Gasteiger partial charge < -0.3 is 5.32 Å². The maximum Gasteiger partial charge on any atom is 0.142 e. The Hall–Kier alpha value is -0.900. The summed E-state index contributed by atoms with van der Waals surface area (Å²) in [4.78, 5) is 0. The molecule has 2 rings (SSSR count). The molecule has 0 saturated carbocycles. The predicted molar refractivity (Wildman–Crippen MR) is 85.8 cm³/mol. The highest BCUT2D eigenvalue weighted by atomic mass is 79.9. The summed E-state index contributed by atoms with van der Waals surface area (Å²) in [5, 5.41) is 3.49. The van der Waals surface area contributed by atoms with Gasteiger partial charge in [0.1, 0.15) is 5.82 Å².